The molecular weight excluding hydrogens is 228 g/mol. The van der Waals surface area contributed by atoms with Crippen LogP contribution in [0.2, 0.25) is 0 Å². The van der Waals surface area contributed by atoms with Gasteiger partial charge in [0.15, 0.2) is 0 Å². The average molecular weight is 258 g/mol. The van der Waals surface area contributed by atoms with Crippen LogP contribution in [0.15, 0.2) is 59.8 Å². The fraction of sp³-hybridized carbons (Fsp3) is 0.474. The van der Waals surface area contributed by atoms with E-state index in [0.717, 1.165) is 19.3 Å². The first-order valence-corrected chi connectivity index (χ1v) is 7.29. The van der Waals surface area contributed by atoms with Gasteiger partial charge < -0.3 is 0 Å². The molecule has 0 unspecified atom stereocenters. The van der Waals surface area contributed by atoms with Crippen LogP contribution < -0.4 is 0 Å². The van der Waals surface area contributed by atoms with Gasteiger partial charge in [0, 0.05) is 0 Å². The maximum absolute atomic E-state index is 3.74. The Morgan fingerprint density at radius 1 is 0.842 bits per heavy atom. The van der Waals surface area contributed by atoms with Crippen molar-refractivity contribution in [2.75, 3.05) is 0 Å². The van der Waals surface area contributed by atoms with Crippen LogP contribution in [0.3, 0.4) is 0 Å². The first-order chi connectivity index (χ1) is 9.06. The molecule has 0 aromatic rings. The fourth-order valence-electron chi connectivity index (χ4n) is 1.67. The molecule has 0 aromatic carbocycles. The van der Waals surface area contributed by atoms with Crippen molar-refractivity contribution in [2.45, 2.75) is 59.8 Å². The van der Waals surface area contributed by atoms with Crippen molar-refractivity contribution >= 4 is 0 Å². The van der Waals surface area contributed by atoms with Gasteiger partial charge in [-0.15, -0.1) is 0 Å². The second kappa shape index (κ2) is 11.8. The van der Waals surface area contributed by atoms with Crippen molar-refractivity contribution in [1.82, 2.24) is 0 Å². The van der Waals surface area contributed by atoms with Crippen LogP contribution in [0.25, 0.3) is 0 Å². The Morgan fingerprint density at radius 3 is 2.21 bits per heavy atom. The van der Waals surface area contributed by atoms with Gasteiger partial charge >= 0.3 is 0 Å². The lowest BCUT2D eigenvalue weighted by Crippen LogP contribution is -1.78. The minimum absolute atomic E-state index is 1.02. The molecule has 0 heteroatoms. The maximum Gasteiger partial charge on any atom is -0.0163 e. The van der Waals surface area contributed by atoms with E-state index in [9.17, 15) is 0 Å². The van der Waals surface area contributed by atoms with E-state index in [1.54, 1.807) is 0 Å². The third-order valence-electron chi connectivity index (χ3n) is 2.98. The summed E-state index contributed by atoms with van der Waals surface area (Å²) in [7, 11) is 0. The number of unbranched alkanes of at least 4 members (excludes halogenated alkanes) is 1. The van der Waals surface area contributed by atoms with Gasteiger partial charge in [-0.3, -0.25) is 0 Å². The predicted molar refractivity (Wildman–Crippen MR) is 89.4 cm³/mol. The van der Waals surface area contributed by atoms with Gasteiger partial charge in [-0.2, -0.15) is 0 Å². The normalized spacial score (nSPS) is 12.8. The fourth-order valence-corrected chi connectivity index (χ4v) is 1.67. The molecule has 0 aliphatic carbocycles. The summed E-state index contributed by atoms with van der Waals surface area (Å²) in [6.07, 6.45) is 19.0. The number of allylic oxidation sites excluding steroid dienone is 9. The second-order valence-corrected chi connectivity index (χ2v) is 5.31. The van der Waals surface area contributed by atoms with Gasteiger partial charge in [0.25, 0.3) is 0 Å². The van der Waals surface area contributed by atoms with Crippen LogP contribution in [0.5, 0.6) is 0 Å². The zero-order chi connectivity index (χ0) is 14.5. The molecule has 0 saturated carbocycles. The summed E-state index contributed by atoms with van der Waals surface area (Å²) in [6, 6.07) is 0. The summed E-state index contributed by atoms with van der Waals surface area (Å²) in [5.41, 5.74) is 4.17. The average Bonchev–Trinajstić information content (AvgIpc) is 2.36. The Bertz CT molecular complexity index is 357. The Balaban J connectivity index is 3.74. The standard InChI is InChI=1S/C19H30/c1-6-18(4)14-10-8-7-9-11-15-19(5)16-12-13-17(2)3/h6-8,13-15H,1,9-12,16H2,2-5H3/b8-7+,18-14+,19-15+. The molecule has 0 nitrogen and oxygen atoms in total. The van der Waals surface area contributed by atoms with Gasteiger partial charge in [0.2, 0.25) is 0 Å². The molecule has 0 radical (unpaired) electrons. The molecule has 0 heterocycles. The molecular formula is C19H30. The smallest absolute Gasteiger partial charge is 0.0163 e. The number of hydrogen-bond donors (Lipinski definition) is 0. The quantitative estimate of drug-likeness (QED) is 0.250. The van der Waals surface area contributed by atoms with E-state index >= 15 is 0 Å². The van der Waals surface area contributed by atoms with Gasteiger partial charge in [-0.25, -0.2) is 0 Å². The minimum atomic E-state index is 1.02. The van der Waals surface area contributed by atoms with E-state index < -0.39 is 0 Å². The molecule has 0 fully saturated rings. The minimum Gasteiger partial charge on any atom is -0.0988 e. The lowest BCUT2D eigenvalue weighted by molar-refractivity contribution is 0.935. The topological polar surface area (TPSA) is 0 Å². The zero-order valence-corrected chi connectivity index (χ0v) is 13.2. The molecule has 0 rings (SSSR count). The Morgan fingerprint density at radius 2 is 1.58 bits per heavy atom. The van der Waals surface area contributed by atoms with Crippen LogP contribution >= 0.6 is 0 Å². The molecule has 0 saturated heterocycles. The van der Waals surface area contributed by atoms with Gasteiger partial charge in [0.1, 0.15) is 0 Å². The van der Waals surface area contributed by atoms with E-state index in [2.05, 4.69) is 64.7 Å². The first kappa shape index (κ1) is 17.7. The third kappa shape index (κ3) is 12.9. The second-order valence-electron chi connectivity index (χ2n) is 5.31. The number of hydrogen-bond acceptors (Lipinski definition) is 0. The third-order valence-corrected chi connectivity index (χ3v) is 2.98. The Kier molecular flexibility index (Phi) is 11.0. The summed E-state index contributed by atoms with van der Waals surface area (Å²) < 4.78 is 0. The van der Waals surface area contributed by atoms with Gasteiger partial charge in [0.05, 0.1) is 0 Å². The monoisotopic (exact) mass is 258 g/mol. The summed E-state index contributed by atoms with van der Waals surface area (Å²) in [5, 5.41) is 0. The molecule has 106 valence electrons. The van der Waals surface area contributed by atoms with Crippen molar-refractivity contribution < 1.29 is 0 Å². The molecule has 0 aliphatic rings. The van der Waals surface area contributed by atoms with Crippen LogP contribution in [0.1, 0.15) is 59.8 Å². The Labute approximate surface area is 120 Å². The largest absolute Gasteiger partial charge is 0.0988 e. The molecule has 0 N–H and O–H groups in total. The maximum atomic E-state index is 3.74. The summed E-state index contributed by atoms with van der Waals surface area (Å²) in [4.78, 5) is 0. The summed E-state index contributed by atoms with van der Waals surface area (Å²) >= 11 is 0. The molecule has 0 aromatic heterocycles. The summed E-state index contributed by atoms with van der Waals surface area (Å²) in [6.45, 7) is 12.4. The Hall–Kier alpha value is -1.30. The first-order valence-electron chi connectivity index (χ1n) is 7.29. The van der Waals surface area contributed by atoms with Gasteiger partial charge in [-0.05, 0) is 59.8 Å². The van der Waals surface area contributed by atoms with Crippen LogP contribution in [0, 0.1) is 0 Å². The lowest BCUT2D eigenvalue weighted by atomic mass is 10.1. The van der Waals surface area contributed by atoms with Gasteiger partial charge in [-0.1, -0.05) is 59.8 Å². The molecule has 0 aliphatic heterocycles. The molecule has 19 heavy (non-hydrogen) atoms. The van der Waals surface area contributed by atoms with Crippen LogP contribution in [-0.2, 0) is 0 Å². The van der Waals surface area contributed by atoms with Crippen molar-refractivity contribution in [3.05, 3.63) is 59.8 Å². The van der Waals surface area contributed by atoms with Crippen molar-refractivity contribution in [3.8, 4) is 0 Å². The predicted octanol–water partition coefficient (Wildman–Crippen LogP) is 6.54. The van der Waals surface area contributed by atoms with E-state index in [0.29, 0.717) is 0 Å². The highest BCUT2D eigenvalue weighted by molar-refractivity contribution is 5.14. The molecule has 0 spiro atoms. The highest BCUT2D eigenvalue weighted by Crippen LogP contribution is 2.08. The molecule has 0 amide bonds. The van der Waals surface area contributed by atoms with E-state index in [1.165, 1.54) is 29.6 Å². The van der Waals surface area contributed by atoms with Crippen LogP contribution in [-0.4, -0.2) is 0 Å². The van der Waals surface area contributed by atoms with Crippen LogP contribution in [0.4, 0.5) is 0 Å². The highest BCUT2D eigenvalue weighted by Gasteiger charge is 1.88. The lowest BCUT2D eigenvalue weighted by Gasteiger charge is -1.98. The summed E-state index contributed by atoms with van der Waals surface area (Å²) in [5.74, 6) is 0. The highest BCUT2D eigenvalue weighted by atomic mass is 13.9. The van der Waals surface area contributed by atoms with Crippen molar-refractivity contribution in [2.24, 2.45) is 0 Å². The molecule has 0 bridgehead atoms. The zero-order valence-electron chi connectivity index (χ0n) is 13.2. The number of rotatable bonds is 9. The van der Waals surface area contributed by atoms with E-state index in [-0.39, 0.29) is 0 Å². The SMILES string of the molecule is C=C/C(C)=C/C/C=C/CC/C=C(\C)CCC=C(C)C. The van der Waals surface area contributed by atoms with Crippen molar-refractivity contribution in [3.63, 3.8) is 0 Å². The molecule has 0 atom stereocenters. The van der Waals surface area contributed by atoms with E-state index in [1.807, 2.05) is 6.08 Å². The van der Waals surface area contributed by atoms with E-state index in [4.69, 9.17) is 0 Å². The van der Waals surface area contributed by atoms with Crippen molar-refractivity contribution in [1.29, 1.82) is 0 Å².